The van der Waals surface area contributed by atoms with E-state index in [0.717, 1.165) is 29.8 Å². The maximum absolute atomic E-state index is 12.5. The molecule has 0 saturated carbocycles. The van der Waals surface area contributed by atoms with Gasteiger partial charge in [-0.05, 0) is 50.6 Å². The van der Waals surface area contributed by atoms with Crippen LogP contribution in [0.2, 0.25) is 0 Å². The minimum atomic E-state index is -0.0737. The Morgan fingerprint density at radius 2 is 2.20 bits per heavy atom. The van der Waals surface area contributed by atoms with Crippen molar-refractivity contribution in [3.8, 4) is 0 Å². The number of piperidine rings is 1. The molecule has 1 fully saturated rings. The number of hydrogen-bond acceptors (Lipinski definition) is 3. The topological polar surface area (TPSA) is 49.4 Å². The predicted molar refractivity (Wildman–Crippen MR) is 81.0 cm³/mol. The Kier molecular flexibility index (Phi) is 4.81. The number of carbonyl (C=O) groups is 2. The Bertz CT molecular complexity index is 496. The molecule has 0 aliphatic carbocycles. The van der Waals surface area contributed by atoms with Crippen molar-refractivity contribution in [3.05, 3.63) is 21.9 Å². The number of rotatable bonds is 3. The zero-order valence-electron chi connectivity index (χ0n) is 12.3. The second kappa shape index (κ2) is 6.39. The van der Waals surface area contributed by atoms with Crippen LogP contribution in [0.15, 0.2) is 11.4 Å². The van der Waals surface area contributed by atoms with E-state index in [1.54, 1.807) is 0 Å². The highest BCUT2D eigenvalue weighted by Crippen LogP contribution is 2.23. The Morgan fingerprint density at radius 3 is 2.80 bits per heavy atom. The molecule has 0 unspecified atom stereocenters. The quantitative estimate of drug-likeness (QED) is 0.931. The first-order valence-electron chi connectivity index (χ1n) is 7.12. The molecular formula is C15H22N2O2S. The smallest absolute Gasteiger partial charge is 0.264 e. The van der Waals surface area contributed by atoms with Crippen LogP contribution in [0.25, 0.3) is 0 Å². The average molecular weight is 294 g/mol. The van der Waals surface area contributed by atoms with Gasteiger partial charge in [0, 0.05) is 19.1 Å². The SMILES string of the molecule is Cc1ccsc1C(=O)N1CCC[C@@H](C(=O)NC(C)C)C1. The minimum absolute atomic E-state index is 0.0690. The van der Waals surface area contributed by atoms with Gasteiger partial charge in [-0.2, -0.15) is 0 Å². The molecule has 2 heterocycles. The average Bonchev–Trinajstić information content (AvgIpc) is 2.83. The molecule has 0 bridgehead atoms. The zero-order chi connectivity index (χ0) is 14.7. The van der Waals surface area contributed by atoms with Crippen LogP contribution in [0.5, 0.6) is 0 Å². The number of thiophene rings is 1. The fraction of sp³-hybridized carbons (Fsp3) is 0.600. The molecule has 2 rings (SSSR count). The van der Waals surface area contributed by atoms with Gasteiger partial charge in [-0.25, -0.2) is 0 Å². The van der Waals surface area contributed by atoms with Crippen LogP contribution in [0.1, 0.15) is 41.9 Å². The molecular weight excluding hydrogens is 272 g/mol. The Labute approximate surface area is 124 Å². The van der Waals surface area contributed by atoms with Crippen LogP contribution >= 0.6 is 11.3 Å². The van der Waals surface area contributed by atoms with Gasteiger partial charge in [-0.15, -0.1) is 11.3 Å². The summed E-state index contributed by atoms with van der Waals surface area (Å²) in [6.45, 7) is 7.16. The van der Waals surface area contributed by atoms with Crippen molar-refractivity contribution in [1.29, 1.82) is 0 Å². The lowest BCUT2D eigenvalue weighted by Gasteiger charge is -2.32. The van der Waals surface area contributed by atoms with Crippen LogP contribution in [0.3, 0.4) is 0 Å². The van der Waals surface area contributed by atoms with E-state index in [0.29, 0.717) is 6.54 Å². The first kappa shape index (κ1) is 15.0. The van der Waals surface area contributed by atoms with Gasteiger partial charge in [-0.3, -0.25) is 9.59 Å². The molecule has 0 spiro atoms. The van der Waals surface area contributed by atoms with Crippen molar-refractivity contribution in [2.45, 2.75) is 39.7 Å². The van der Waals surface area contributed by atoms with Crippen molar-refractivity contribution in [2.24, 2.45) is 5.92 Å². The fourth-order valence-electron chi connectivity index (χ4n) is 2.51. The van der Waals surface area contributed by atoms with Gasteiger partial charge in [0.2, 0.25) is 5.91 Å². The summed E-state index contributed by atoms with van der Waals surface area (Å²) in [6.07, 6.45) is 1.76. The largest absolute Gasteiger partial charge is 0.354 e. The van der Waals surface area contributed by atoms with E-state index in [1.165, 1.54) is 11.3 Å². The Balaban J connectivity index is 2.02. The molecule has 1 aromatic rings. The Morgan fingerprint density at radius 1 is 1.45 bits per heavy atom. The molecule has 20 heavy (non-hydrogen) atoms. The first-order valence-corrected chi connectivity index (χ1v) is 8.00. The van der Waals surface area contributed by atoms with Crippen molar-refractivity contribution in [1.82, 2.24) is 10.2 Å². The van der Waals surface area contributed by atoms with E-state index in [1.807, 2.05) is 37.1 Å². The molecule has 1 N–H and O–H groups in total. The maximum atomic E-state index is 12.5. The number of nitrogens with zero attached hydrogens (tertiary/aromatic N) is 1. The third-order valence-electron chi connectivity index (χ3n) is 3.57. The van der Waals surface area contributed by atoms with Gasteiger partial charge < -0.3 is 10.2 Å². The summed E-state index contributed by atoms with van der Waals surface area (Å²) in [5, 5.41) is 4.88. The second-order valence-electron chi connectivity index (χ2n) is 5.69. The monoisotopic (exact) mass is 294 g/mol. The second-order valence-corrected chi connectivity index (χ2v) is 6.60. The van der Waals surface area contributed by atoms with Gasteiger partial charge in [0.1, 0.15) is 0 Å². The van der Waals surface area contributed by atoms with Gasteiger partial charge in [0.25, 0.3) is 5.91 Å². The number of likely N-dealkylation sites (tertiary alicyclic amines) is 1. The number of carbonyl (C=O) groups excluding carboxylic acids is 2. The Hall–Kier alpha value is -1.36. The van der Waals surface area contributed by atoms with E-state index in [2.05, 4.69) is 5.32 Å². The van der Waals surface area contributed by atoms with Crippen LogP contribution in [0.4, 0.5) is 0 Å². The third kappa shape index (κ3) is 3.39. The summed E-state index contributed by atoms with van der Waals surface area (Å²) < 4.78 is 0. The normalized spacial score (nSPS) is 19.2. The first-order chi connectivity index (χ1) is 9.49. The van der Waals surface area contributed by atoms with E-state index in [-0.39, 0.29) is 23.8 Å². The highest BCUT2D eigenvalue weighted by molar-refractivity contribution is 7.12. The molecule has 4 nitrogen and oxygen atoms in total. The standard InChI is InChI=1S/C15H22N2O2S/c1-10(2)16-14(18)12-5-4-7-17(9-12)15(19)13-11(3)6-8-20-13/h6,8,10,12H,4-5,7,9H2,1-3H3,(H,16,18)/t12-/m1/s1. The van der Waals surface area contributed by atoms with Gasteiger partial charge in [-0.1, -0.05) is 0 Å². The molecule has 1 aliphatic heterocycles. The summed E-state index contributed by atoms with van der Waals surface area (Å²) in [6, 6.07) is 2.11. The van der Waals surface area contributed by atoms with E-state index in [4.69, 9.17) is 0 Å². The highest BCUT2D eigenvalue weighted by Gasteiger charge is 2.29. The number of amides is 2. The summed E-state index contributed by atoms with van der Waals surface area (Å²) >= 11 is 1.48. The lowest BCUT2D eigenvalue weighted by Crippen LogP contribution is -2.46. The maximum Gasteiger partial charge on any atom is 0.264 e. The molecule has 1 aliphatic rings. The van der Waals surface area contributed by atoms with E-state index >= 15 is 0 Å². The van der Waals surface area contributed by atoms with Crippen molar-refractivity contribution < 1.29 is 9.59 Å². The molecule has 1 atom stereocenters. The summed E-state index contributed by atoms with van der Waals surface area (Å²) in [5.41, 5.74) is 1.02. The molecule has 0 aromatic carbocycles. The summed E-state index contributed by atoms with van der Waals surface area (Å²) in [7, 11) is 0. The van der Waals surface area contributed by atoms with Crippen molar-refractivity contribution in [3.63, 3.8) is 0 Å². The number of hydrogen-bond donors (Lipinski definition) is 1. The van der Waals surface area contributed by atoms with Crippen LogP contribution in [-0.4, -0.2) is 35.8 Å². The minimum Gasteiger partial charge on any atom is -0.354 e. The number of nitrogens with one attached hydrogen (secondary N) is 1. The van der Waals surface area contributed by atoms with Gasteiger partial charge in [0.05, 0.1) is 10.8 Å². The van der Waals surface area contributed by atoms with Crippen LogP contribution < -0.4 is 5.32 Å². The summed E-state index contributed by atoms with van der Waals surface area (Å²) in [4.78, 5) is 27.2. The predicted octanol–water partition coefficient (Wildman–Crippen LogP) is 2.43. The highest BCUT2D eigenvalue weighted by atomic mass is 32.1. The van der Waals surface area contributed by atoms with Crippen LogP contribution in [-0.2, 0) is 4.79 Å². The van der Waals surface area contributed by atoms with E-state index < -0.39 is 0 Å². The molecule has 1 saturated heterocycles. The van der Waals surface area contributed by atoms with Crippen molar-refractivity contribution in [2.75, 3.05) is 13.1 Å². The summed E-state index contributed by atoms with van der Waals surface area (Å²) in [5.74, 6) is 0.0651. The van der Waals surface area contributed by atoms with Gasteiger partial charge >= 0.3 is 0 Å². The fourth-order valence-corrected chi connectivity index (χ4v) is 3.41. The molecule has 2 amide bonds. The molecule has 1 aromatic heterocycles. The van der Waals surface area contributed by atoms with Crippen molar-refractivity contribution >= 4 is 23.2 Å². The third-order valence-corrected chi connectivity index (χ3v) is 4.57. The molecule has 5 heteroatoms. The number of aryl methyl sites for hydroxylation is 1. The van der Waals surface area contributed by atoms with Gasteiger partial charge in [0.15, 0.2) is 0 Å². The van der Waals surface area contributed by atoms with E-state index in [9.17, 15) is 9.59 Å². The molecule has 0 radical (unpaired) electrons. The zero-order valence-corrected chi connectivity index (χ0v) is 13.1. The van der Waals surface area contributed by atoms with Crippen LogP contribution in [0, 0.1) is 12.8 Å². The lowest BCUT2D eigenvalue weighted by molar-refractivity contribution is -0.126. The molecule has 110 valence electrons. The lowest BCUT2D eigenvalue weighted by atomic mass is 9.96.